The van der Waals surface area contributed by atoms with Gasteiger partial charge in [0.2, 0.25) is 5.91 Å². The zero-order valence-electron chi connectivity index (χ0n) is 10.4. The van der Waals surface area contributed by atoms with Crippen molar-refractivity contribution < 1.29 is 9.59 Å². The van der Waals surface area contributed by atoms with Crippen molar-refractivity contribution in [1.29, 1.82) is 0 Å². The fourth-order valence-corrected chi connectivity index (χ4v) is 2.57. The molecule has 0 N–H and O–H groups in total. The fraction of sp³-hybridized carbons (Fsp3) is 0.429. The van der Waals surface area contributed by atoms with Gasteiger partial charge in [0, 0.05) is 13.0 Å². The highest BCUT2D eigenvalue weighted by Gasteiger charge is 2.34. The number of nitrogens with zero attached hydrogens (tertiary/aromatic N) is 1. The Bertz CT molecular complexity index is 473. The van der Waals surface area contributed by atoms with Crippen molar-refractivity contribution in [2.24, 2.45) is 5.92 Å². The summed E-state index contributed by atoms with van der Waals surface area (Å²) in [6.45, 7) is 2.43. The summed E-state index contributed by atoms with van der Waals surface area (Å²) in [6.07, 6.45) is 1.91. The number of amides is 1. The van der Waals surface area contributed by atoms with Crippen LogP contribution in [0.15, 0.2) is 24.3 Å². The lowest BCUT2D eigenvalue weighted by Crippen LogP contribution is -2.44. The Morgan fingerprint density at radius 2 is 2.17 bits per heavy atom. The van der Waals surface area contributed by atoms with Gasteiger partial charge in [-0.2, -0.15) is 0 Å². The average molecular weight is 266 g/mol. The molecular formula is C14H16ClNO2. The number of rotatable bonds is 3. The molecule has 0 saturated carbocycles. The third-order valence-electron chi connectivity index (χ3n) is 3.32. The van der Waals surface area contributed by atoms with Gasteiger partial charge in [0.15, 0.2) is 0 Å². The van der Waals surface area contributed by atoms with Crippen LogP contribution in [0.4, 0.5) is 5.69 Å². The minimum absolute atomic E-state index is 0.0248. The topological polar surface area (TPSA) is 37.4 Å². The highest BCUT2D eigenvalue weighted by Crippen LogP contribution is 2.30. The molecule has 1 saturated heterocycles. The predicted molar refractivity (Wildman–Crippen MR) is 71.8 cm³/mol. The fourth-order valence-electron chi connectivity index (χ4n) is 2.33. The van der Waals surface area contributed by atoms with Crippen LogP contribution < -0.4 is 4.90 Å². The number of hydrogen-bond acceptors (Lipinski definition) is 2. The minimum atomic E-state index is -0.486. The van der Waals surface area contributed by atoms with Gasteiger partial charge in [-0.15, -0.1) is 0 Å². The number of carbonyl (C=O) groups excluding carboxylic acids is 2. The molecule has 0 unspecified atom stereocenters. The zero-order valence-corrected chi connectivity index (χ0v) is 11.1. The van der Waals surface area contributed by atoms with Crippen molar-refractivity contribution in [3.63, 3.8) is 0 Å². The predicted octanol–water partition coefficient (Wildman–Crippen LogP) is 3.06. The lowest BCUT2D eigenvalue weighted by molar-refractivity contribution is -0.133. The first-order valence-corrected chi connectivity index (χ1v) is 6.61. The molecule has 0 aromatic heterocycles. The summed E-state index contributed by atoms with van der Waals surface area (Å²) in [5.41, 5.74) is 0.706. The summed E-state index contributed by atoms with van der Waals surface area (Å²) in [4.78, 5) is 25.7. The molecule has 1 aromatic rings. The van der Waals surface area contributed by atoms with E-state index in [1.165, 1.54) is 0 Å². The monoisotopic (exact) mass is 265 g/mol. The van der Waals surface area contributed by atoms with Crippen molar-refractivity contribution in [1.82, 2.24) is 0 Å². The summed E-state index contributed by atoms with van der Waals surface area (Å²) < 4.78 is 0. The molecule has 1 amide bonds. The van der Waals surface area contributed by atoms with Gasteiger partial charge in [0.1, 0.15) is 5.78 Å². The van der Waals surface area contributed by atoms with E-state index in [0.717, 1.165) is 6.42 Å². The van der Waals surface area contributed by atoms with Crippen LogP contribution in [0.25, 0.3) is 0 Å². The van der Waals surface area contributed by atoms with Crippen molar-refractivity contribution in [2.75, 3.05) is 11.4 Å². The first kappa shape index (κ1) is 13.1. The molecule has 1 aliphatic rings. The second-order valence-corrected chi connectivity index (χ2v) is 4.86. The quantitative estimate of drug-likeness (QED) is 0.788. The number of benzene rings is 1. The van der Waals surface area contributed by atoms with Crippen LogP contribution in [0.5, 0.6) is 0 Å². The molecule has 1 atom stereocenters. The highest BCUT2D eigenvalue weighted by atomic mass is 35.5. The molecule has 1 fully saturated rings. The van der Waals surface area contributed by atoms with Crippen LogP contribution in [0.1, 0.15) is 26.2 Å². The molecule has 96 valence electrons. The molecule has 2 rings (SSSR count). The van der Waals surface area contributed by atoms with Crippen molar-refractivity contribution in [2.45, 2.75) is 26.2 Å². The zero-order chi connectivity index (χ0) is 13.1. The van der Waals surface area contributed by atoms with E-state index in [-0.39, 0.29) is 11.7 Å². The molecule has 18 heavy (non-hydrogen) atoms. The van der Waals surface area contributed by atoms with E-state index in [1.54, 1.807) is 17.9 Å². The number of hydrogen-bond donors (Lipinski definition) is 0. The van der Waals surface area contributed by atoms with E-state index in [0.29, 0.717) is 30.1 Å². The van der Waals surface area contributed by atoms with Crippen LogP contribution in [-0.2, 0) is 9.59 Å². The van der Waals surface area contributed by atoms with E-state index >= 15 is 0 Å². The molecular weight excluding hydrogens is 250 g/mol. The Hall–Kier alpha value is -1.35. The number of para-hydroxylation sites is 1. The largest absolute Gasteiger partial charge is 0.310 e. The van der Waals surface area contributed by atoms with Gasteiger partial charge in [-0.25, -0.2) is 0 Å². The Morgan fingerprint density at radius 3 is 2.83 bits per heavy atom. The Balaban J connectivity index is 2.27. The molecule has 0 aliphatic carbocycles. The third kappa shape index (κ3) is 2.41. The maximum Gasteiger partial charge on any atom is 0.237 e. The third-order valence-corrected chi connectivity index (χ3v) is 3.64. The van der Waals surface area contributed by atoms with E-state index < -0.39 is 5.92 Å². The molecule has 1 aliphatic heterocycles. The molecule has 0 bridgehead atoms. The highest BCUT2D eigenvalue weighted by molar-refractivity contribution is 6.34. The van der Waals surface area contributed by atoms with Gasteiger partial charge in [-0.3, -0.25) is 9.59 Å². The SMILES string of the molecule is CCC(=O)[C@@H]1CCCN(c2ccccc2Cl)C1=O. The van der Waals surface area contributed by atoms with Gasteiger partial charge < -0.3 is 4.90 Å². The molecule has 1 heterocycles. The number of ketones is 1. The molecule has 0 radical (unpaired) electrons. The summed E-state index contributed by atoms with van der Waals surface area (Å²) >= 11 is 6.11. The maximum atomic E-state index is 12.3. The lowest BCUT2D eigenvalue weighted by Gasteiger charge is -2.32. The van der Waals surface area contributed by atoms with Crippen LogP contribution in [0, 0.1) is 5.92 Å². The van der Waals surface area contributed by atoms with Crippen molar-refractivity contribution in [3.8, 4) is 0 Å². The second kappa shape index (κ2) is 5.53. The van der Waals surface area contributed by atoms with Crippen molar-refractivity contribution in [3.05, 3.63) is 29.3 Å². The van der Waals surface area contributed by atoms with Gasteiger partial charge in [-0.05, 0) is 25.0 Å². The van der Waals surface area contributed by atoms with Crippen LogP contribution >= 0.6 is 11.6 Å². The van der Waals surface area contributed by atoms with Crippen LogP contribution in [-0.4, -0.2) is 18.2 Å². The smallest absolute Gasteiger partial charge is 0.237 e. The number of piperidine rings is 1. The number of Topliss-reactive ketones (excluding diaryl/α,β-unsaturated/α-hetero) is 1. The van der Waals surface area contributed by atoms with Crippen molar-refractivity contribution >= 4 is 29.0 Å². The summed E-state index contributed by atoms with van der Waals surface area (Å²) in [7, 11) is 0. The van der Waals surface area contributed by atoms with E-state index in [1.807, 2.05) is 18.2 Å². The lowest BCUT2D eigenvalue weighted by atomic mass is 9.91. The van der Waals surface area contributed by atoms with Gasteiger partial charge in [0.25, 0.3) is 0 Å². The van der Waals surface area contributed by atoms with Gasteiger partial charge in [-0.1, -0.05) is 30.7 Å². The Morgan fingerprint density at radius 1 is 1.44 bits per heavy atom. The summed E-state index contributed by atoms with van der Waals surface area (Å²) in [6, 6.07) is 7.25. The second-order valence-electron chi connectivity index (χ2n) is 4.46. The van der Waals surface area contributed by atoms with E-state index in [9.17, 15) is 9.59 Å². The summed E-state index contributed by atoms with van der Waals surface area (Å²) in [5, 5.41) is 0.551. The molecule has 0 spiro atoms. The minimum Gasteiger partial charge on any atom is -0.310 e. The number of halogens is 1. The average Bonchev–Trinajstić information content (AvgIpc) is 2.39. The first-order chi connectivity index (χ1) is 8.65. The first-order valence-electron chi connectivity index (χ1n) is 6.23. The Kier molecular flexibility index (Phi) is 4.02. The van der Waals surface area contributed by atoms with Crippen LogP contribution in [0.2, 0.25) is 5.02 Å². The maximum absolute atomic E-state index is 12.3. The van der Waals surface area contributed by atoms with Gasteiger partial charge >= 0.3 is 0 Å². The standard InChI is InChI=1S/C14H16ClNO2/c1-2-13(17)10-6-5-9-16(14(10)18)12-8-4-3-7-11(12)15/h3-4,7-8,10H,2,5-6,9H2,1H3/t10-/m0/s1. The number of anilines is 1. The number of carbonyl (C=O) groups is 2. The van der Waals surface area contributed by atoms with Gasteiger partial charge in [0.05, 0.1) is 16.6 Å². The Labute approximate surface area is 112 Å². The normalized spacial score (nSPS) is 20.0. The summed E-state index contributed by atoms with van der Waals surface area (Å²) in [5.74, 6) is -0.571. The van der Waals surface area contributed by atoms with E-state index in [2.05, 4.69) is 0 Å². The van der Waals surface area contributed by atoms with Crippen LogP contribution in [0.3, 0.4) is 0 Å². The molecule has 1 aromatic carbocycles. The molecule has 4 heteroatoms. The van der Waals surface area contributed by atoms with E-state index in [4.69, 9.17) is 11.6 Å². The molecule has 3 nitrogen and oxygen atoms in total.